The molecule has 2 aromatic heterocycles. The summed E-state index contributed by atoms with van der Waals surface area (Å²) in [6, 6.07) is 21.5. The predicted octanol–water partition coefficient (Wildman–Crippen LogP) is 6.18. The molecule has 8 heteroatoms. The number of benzene rings is 3. The number of fused-ring (bicyclic) bond motifs is 1. The fourth-order valence-electron chi connectivity index (χ4n) is 4.26. The molecule has 8 nitrogen and oxygen atoms in total. The van der Waals surface area contributed by atoms with Gasteiger partial charge in [-0.1, -0.05) is 44.1 Å². The zero-order valence-corrected chi connectivity index (χ0v) is 22.1. The topological polar surface area (TPSA) is 91.4 Å². The molecule has 0 spiro atoms. The van der Waals surface area contributed by atoms with Crippen molar-refractivity contribution in [1.82, 2.24) is 14.7 Å². The number of nitrogens with one attached hydrogen (secondary N) is 1. The lowest BCUT2D eigenvalue weighted by Gasteiger charge is -2.12. The lowest BCUT2D eigenvalue weighted by molar-refractivity contribution is -0.115. The van der Waals surface area contributed by atoms with Crippen LogP contribution in [0.15, 0.2) is 77.6 Å². The van der Waals surface area contributed by atoms with E-state index in [2.05, 4.69) is 21.5 Å². The van der Waals surface area contributed by atoms with Gasteiger partial charge < -0.3 is 19.3 Å². The van der Waals surface area contributed by atoms with Crippen molar-refractivity contribution in [1.29, 1.82) is 0 Å². The molecule has 0 radical (unpaired) electrons. The average Bonchev–Trinajstić information content (AvgIpc) is 3.55. The smallest absolute Gasteiger partial charge is 0.230 e. The number of methoxy groups -OCH3 is 2. The minimum atomic E-state index is -0.173. The molecule has 0 aliphatic carbocycles. The molecule has 5 aromatic rings. The maximum absolute atomic E-state index is 12.5. The van der Waals surface area contributed by atoms with E-state index >= 15 is 0 Å². The number of carbonyl (C=O) groups is 1. The molecule has 0 saturated heterocycles. The van der Waals surface area contributed by atoms with Crippen LogP contribution in [0.4, 0.5) is 5.82 Å². The second kappa shape index (κ2) is 10.0. The minimum Gasteiger partial charge on any atom is -0.497 e. The van der Waals surface area contributed by atoms with E-state index in [0.29, 0.717) is 5.82 Å². The van der Waals surface area contributed by atoms with E-state index in [1.807, 2.05) is 79.9 Å². The molecule has 1 amide bonds. The van der Waals surface area contributed by atoms with Crippen LogP contribution in [-0.4, -0.2) is 34.8 Å². The first-order valence-corrected chi connectivity index (χ1v) is 12.3. The van der Waals surface area contributed by atoms with Gasteiger partial charge in [-0.15, -0.1) is 0 Å². The number of hydrogen-bond acceptors (Lipinski definition) is 6. The van der Waals surface area contributed by atoms with Gasteiger partial charge in [-0.25, -0.2) is 4.98 Å². The van der Waals surface area contributed by atoms with Crippen LogP contribution in [0.3, 0.4) is 0 Å². The number of ether oxygens (including phenoxy) is 2. The Morgan fingerprint density at radius 1 is 0.974 bits per heavy atom. The van der Waals surface area contributed by atoms with Crippen LogP contribution in [0.1, 0.15) is 32.1 Å². The molecule has 1 N–H and O–H groups in total. The number of anilines is 1. The number of aromatic nitrogens is 3. The van der Waals surface area contributed by atoms with Crippen LogP contribution < -0.4 is 14.8 Å². The number of imidazole rings is 1. The third kappa shape index (κ3) is 5.11. The van der Waals surface area contributed by atoms with Crippen molar-refractivity contribution in [3.8, 4) is 28.3 Å². The molecule has 0 unspecified atom stereocenters. The van der Waals surface area contributed by atoms with Crippen LogP contribution in [0.2, 0.25) is 0 Å². The van der Waals surface area contributed by atoms with Crippen molar-refractivity contribution < 1.29 is 18.8 Å². The Labute approximate surface area is 221 Å². The summed E-state index contributed by atoms with van der Waals surface area (Å²) in [5.41, 5.74) is 5.49. The van der Waals surface area contributed by atoms with Crippen molar-refractivity contribution >= 4 is 22.8 Å². The molecule has 0 aliphatic heterocycles. The number of hydrogen-bond donors (Lipinski definition) is 1. The van der Waals surface area contributed by atoms with E-state index in [1.54, 1.807) is 26.6 Å². The Morgan fingerprint density at radius 3 is 2.45 bits per heavy atom. The molecule has 194 valence electrons. The Balaban J connectivity index is 1.31. The first-order chi connectivity index (χ1) is 18.2. The third-order valence-electron chi connectivity index (χ3n) is 6.36. The highest BCUT2D eigenvalue weighted by Gasteiger charge is 2.20. The van der Waals surface area contributed by atoms with Gasteiger partial charge >= 0.3 is 0 Å². The Bertz CT molecular complexity index is 1590. The zero-order chi connectivity index (χ0) is 26.9. The van der Waals surface area contributed by atoms with Crippen molar-refractivity contribution in [2.45, 2.75) is 32.6 Å². The Hall–Kier alpha value is -4.59. The first kappa shape index (κ1) is 25.1. The van der Waals surface area contributed by atoms with Crippen LogP contribution in [0, 0.1) is 0 Å². The highest BCUT2D eigenvalue weighted by atomic mass is 16.5. The van der Waals surface area contributed by atoms with Crippen molar-refractivity contribution in [2.75, 3.05) is 19.5 Å². The summed E-state index contributed by atoms with van der Waals surface area (Å²) in [5.74, 6) is 2.47. The summed E-state index contributed by atoms with van der Waals surface area (Å²) >= 11 is 0. The maximum Gasteiger partial charge on any atom is 0.230 e. The number of nitrogens with zero attached hydrogens (tertiary/aromatic N) is 3. The van der Waals surface area contributed by atoms with E-state index in [4.69, 9.17) is 14.0 Å². The van der Waals surface area contributed by atoms with E-state index in [0.717, 1.165) is 50.7 Å². The van der Waals surface area contributed by atoms with Gasteiger partial charge in [0.05, 0.1) is 31.7 Å². The summed E-state index contributed by atoms with van der Waals surface area (Å²) in [4.78, 5) is 17.2. The van der Waals surface area contributed by atoms with Crippen molar-refractivity contribution in [3.05, 3.63) is 84.4 Å². The highest BCUT2D eigenvalue weighted by Crippen LogP contribution is 2.35. The Morgan fingerprint density at radius 2 is 1.76 bits per heavy atom. The van der Waals surface area contributed by atoms with Crippen LogP contribution >= 0.6 is 0 Å². The maximum atomic E-state index is 12.5. The van der Waals surface area contributed by atoms with Crippen molar-refractivity contribution in [3.63, 3.8) is 0 Å². The molecule has 0 atom stereocenters. The van der Waals surface area contributed by atoms with Gasteiger partial charge in [0.1, 0.15) is 23.6 Å². The van der Waals surface area contributed by atoms with Gasteiger partial charge in [0.25, 0.3) is 0 Å². The molecule has 5 rings (SSSR count). The largest absolute Gasteiger partial charge is 0.497 e. The molecule has 38 heavy (non-hydrogen) atoms. The fourth-order valence-corrected chi connectivity index (χ4v) is 4.26. The van der Waals surface area contributed by atoms with Gasteiger partial charge in [-0.05, 0) is 47.5 Å². The number of amides is 1. The third-order valence-corrected chi connectivity index (χ3v) is 6.36. The SMILES string of the molecule is COc1ccc(-c2ccc3c(c2)ncn3-c2ccc(CC(=O)Nc3cc(C(C)(C)C)on3)cc2)c(OC)c1. The quantitative estimate of drug-likeness (QED) is 0.281. The van der Waals surface area contributed by atoms with Crippen LogP contribution in [0.25, 0.3) is 27.8 Å². The highest BCUT2D eigenvalue weighted by molar-refractivity contribution is 5.91. The lowest BCUT2D eigenvalue weighted by Crippen LogP contribution is -2.14. The lowest BCUT2D eigenvalue weighted by atomic mass is 9.93. The van der Waals surface area contributed by atoms with Crippen LogP contribution in [0.5, 0.6) is 11.5 Å². The fraction of sp³-hybridized carbons (Fsp3) is 0.233. The van der Waals surface area contributed by atoms with Gasteiger partial charge in [-0.3, -0.25) is 9.36 Å². The Kier molecular flexibility index (Phi) is 6.63. The summed E-state index contributed by atoms with van der Waals surface area (Å²) in [5, 5.41) is 6.76. The molecule has 3 aromatic carbocycles. The first-order valence-electron chi connectivity index (χ1n) is 12.3. The van der Waals surface area contributed by atoms with Gasteiger partial charge in [0.15, 0.2) is 5.82 Å². The summed E-state index contributed by atoms with van der Waals surface area (Å²) in [7, 11) is 3.28. The number of carbonyl (C=O) groups excluding carboxylic acids is 1. The number of rotatable bonds is 7. The second-order valence-corrected chi connectivity index (χ2v) is 10.1. The zero-order valence-electron chi connectivity index (χ0n) is 22.1. The normalized spacial score (nSPS) is 11.5. The second-order valence-electron chi connectivity index (χ2n) is 10.1. The van der Waals surface area contributed by atoms with E-state index in [1.165, 1.54) is 0 Å². The molecular weight excluding hydrogens is 480 g/mol. The standard InChI is InChI=1S/C30H30N4O4/c1-30(2,3)27-17-28(33-38-27)32-29(35)14-19-6-9-21(10-7-19)34-18-31-24-15-20(8-13-25(24)34)23-12-11-22(36-4)16-26(23)37-5/h6-13,15-18H,14H2,1-5H3,(H,32,33,35). The van der Waals surface area contributed by atoms with E-state index in [-0.39, 0.29) is 17.7 Å². The monoisotopic (exact) mass is 510 g/mol. The molecular formula is C30H30N4O4. The van der Waals surface area contributed by atoms with E-state index < -0.39 is 0 Å². The molecule has 0 aliphatic rings. The van der Waals surface area contributed by atoms with Gasteiger partial charge in [0.2, 0.25) is 5.91 Å². The summed E-state index contributed by atoms with van der Waals surface area (Å²) < 4.78 is 18.3. The van der Waals surface area contributed by atoms with Gasteiger partial charge in [0, 0.05) is 28.8 Å². The minimum absolute atomic E-state index is 0.152. The molecule has 0 bridgehead atoms. The summed E-state index contributed by atoms with van der Waals surface area (Å²) in [6.45, 7) is 6.09. The predicted molar refractivity (Wildman–Crippen MR) is 147 cm³/mol. The summed E-state index contributed by atoms with van der Waals surface area (Å²) in [6.07, 6.45) is 2.04. The average molecular weight is 511 g/mol. The molecule has 2 heterocycles. The van der Waals surface area contributed by atoms with Gasteiger partial charge in [-0.2, -0.15) is 0 Å². The van der Waals surface area contributed by atoms with Crippen LogP contribution in [-0.2, 0) is 16.6 Å². The molecule has 0 saturated carbocycles. The van der Waals surface area contributed by atoms with Crippen molar-refractivity contribution in [2.24, 2.45) is 0 Å². The van der Waals surface area contributed by atoms with E-state index in [9.17, 15) is 4.79 Å². The molecule has 0 fully saturated rings.